The Kier molecular flexibility index (Phi) is 68.9. The van der Waals surface area contributed by atoms with Crippen molar-refractivity contribution in [1.82, 2.24) is 0 Å². The Bertz CT molecular complexity index is 409. The van der Waals surface area contributed by atoms with Gasteiger partial charge < -0.3 is 37.0 Å². The minimum absolute atomic E-state index is 0.872. The predicted octanol–water partition coefficient (Wildman–Crippen LogP) is 10.3. The van der Waals surface area contributed by atoms with Crippen molar-refractivity contribution >= 4 is 7.82 Å². The molecule has 0 spiro atoms. The van der Waals surface area contributed by atoms with E-state index in [4.69, 9.17) is 41.6 Å². The Morgan fingerprint density at radius 2 is 0.435 bits per heavy atom. The smallest absolute Gasteiger partial charge is 0.400 e. The minimum Gasteiger partial charge on any atom is -0.400 e. The number of rotatable bonds is 30. The maximum absolute atomic E-state index is 8.88. The first-order chi connectivity index (χ1) is 22.2. The van der Waals surface area contributed by atoms with Crippen LogP contribution in [-0.2, 0) is 4.57 Å². The lowest BCUT2D eigenvalue weighted by Crippen LogP contribution is -1.97. The first-order valence-electron chi connectivity index (χ1n) is 19.6. The van der Waals surface area contributed by atoms with Crippen molar-refractivity contribution in [2.45, 2.75) is 213 Å². The van der Waals surface area contributed by atoms with Crippen molar-refractivity contribution in [3.63, 3.8) is 0 Å². The fraction of sp³-hybridized carbons (Fsp3) is 1.00. The lowest BCUT2D eigenvalue weighted by atomic mass is 10.1. The number of aliphatic hydroxyl groups excluding tert-OH is 1. The lowest BCUT2D eigenvalue weighted by molar-refractivity contribution is 0.275. The predicted molar refractivity (Wildman–Crippen MR) is 205 cm³/mol. The molecule has 0 aliphatic carbocycles. The topological polar surface area (TPSA) is 176 Å². The molecule has 0 aliphatic heterocycles. The molecule has 0 saturated carbocycles. The summed E-state index contributed by atoms with van der Waals surface area (Å²) in [5, 5.41) is 7.00. The average molecular weight is 686 g/mol. The number of unbranched alkanes of at least 4 members (excludes halogenated alkanes) is 27. The standard InChI is InChI=1S/3C12H27N.CH4O.H3O4P/c3*1-2-3-4-5-6-7-8-9-10-11-12-13;1-2;1-5(2,3)4/h3*2-13H2,1H3;2H,1H3;(H3,1,2,3,4). The van der Waals surface area contributed by atoms with E-state index >= 15 is 0 Å². The molecule has 0 bridgehead atoms. The number of nitrogens with two attached hydrogens (primary N) is 3. The highest BCUT2D eigenvalue weighted by molar-refractivity contribution is 7.45. The molecule has 0 aromatic heterocycles. The summed E-state index contributed by atoms with van der Waals surface area (Å²) in [6, 6.07) is 0. The van der Waals surface area contributed by atoms with Crippen LogP contribution in [0, 0.1) is 0 Å². The Labute approximate surface area is 289 Å². The van der Waals surface area contributed by atoms with Crippen LogP contribution in [-0.4, -0.2) is 46.5 Å². The molecule has 0 unspecified atom stereocenters. The molecule has 8 nitrogen and oxygen atoms in total. The summed E-state index contributed by atoms with van der Waals surface area (Å²) in [6.07, 6.45) is 41.8. The van der Waals surface area contributed by atoms with E-state index in [2.05, 4.69) is 20.8 Å². The zero-order valence-electron chi connectivity index (χ0n) is 31.7. The van der Waals surface area contributed by atoms with Crippen LogP contribution in [0.1, 0.15) is 213 Å². The van der Waals surface area contributed by atoms with Gasteiger partial charge in [0.05, 0.1) is 0 Å². The Morgan fingerprint density at radius 1 is 0.326 bits per heavy atom. The van der Waals surface area contributed by atoms with E-state index in [1.165, 1.54) is 193 Å². The van der Waals surface area contributed by atoms with E-state index in [-0.39, 0.29) is 0 Å². The molecule has 286 valence electrons. The van der Waals surface area contributed by atoms with Crippen LogP contribution in [0.2, 0.25) is 0 Å². The average Bonchev–Trinajstić information content (AvgIpc) is 3.03. The first-order valence-corrected chi connectivity index (χ1v) is 21.1. The quantitative estimate of drug-likeness (QED) is 0.0288. The summed E-state index contributed by atoms with van der Waals surface area (Å²) in [5.41, 5.74) is 16.3. The highest BCUT2D eigenvalue weighted by Gasteiger charge is 2.00. The molecule has 0 heterocycles. The lowest BCUT2D eigenvalue weighted by Gasteiger charge is -2.00. The number of phosphoric acid groups is 1. The van der Waals surface area contributed by atoms with Crippen molar-refractivity contribution < 1.29 is 24.4 Å². The molecular formula is C37H88N3O5P. The van der Waals surface area contributed by atoms with Crippen molar-refractivity contribution in [1.29, 1.82) is 0 Å². The number of hydrogen-bond acceptors (Lipinski definition) is 5. The molecule has 0 aromatic rings. The van der Waals surface area contributed by atoms with E-state index in [1.54, 1.807) is 0 Å². The van der Waals surface area contributed by atoms with Crippen LogP contribution in [0.15, 0.2) is 0 Å². The van der Waals surface area contributed by atoms with Crippen molar-refractivity contribution in [2.24, 2.45) is 17.2 Å². The number of aliphatic hydroxyl groups is 1. The molecule has 0 aromatic carbocycles. The molecule has 46 heavy (non-hydrogen) atoms. The minimum atomic E-state index is -4.64. The maximum atomic E-state index is 8.88. The molecule has 10 N–H and O–H groups in total. The third kappa shape index (κ3) is 90.4. The van der Waals surface area contributed by atoms with Crippen molar-refractivity contribution in [3.8, 4) is 0 Å². The highest BCUT2D eigenvalue weighted by Crippen LogP contribution is 2.25. The Balaban J connectivity index is -0.000000166. The molecule has 0 atom stereocenters. The third-order valence-corrected chi connectivity index (χ3v) is 7.67. The maximum Gasteiger partial charge on any atom is 0.466 e. The summed E-state index contributed by atoms with van der Waals surface area (Å²) in [7, 11) is -3.64. The van der Waals surface area contributed by atoms with Crippen LogP contribution in [0.25, 0.3) is 0 Å². The van der Waals surface area contributed by atoms with E-state index in [1.807, 2.05) is 0 Å². The molecule has 0 saturated heterocycles. The second-order valence-electron chi connectivity index (χ2n) is 12.4. The zero-order chi connectivity index (χ0) is 35.8. The fourth-order valence-corrected chi connectivity index (χ4v) is 4.90. The molecule has 0 amide bonds. The van der Waals surface area contributed by atoms with Gasteiger partial charge in [0, 0.05) is 7.11 Å². The molecule has 0 rings (SSSR count). The second-order valence-corrected chi connectivity index (χ2v) is 13.5. The zero-order valence-corrected chi connectivity index (χ0v) is 32.6. The van der Waals surface area contributed by atoms with Gasteiger partial charge in [0.15, 0.2) is 0 Å². The largest absolute Gasteiger partial charge is 0.466 e. The summed E-state index contributed by atoms with van der Waals surface area (Å²) in [5.74, 6) is 0. The normalized spacial score (nSPS) is 10.4. The molecule has 0 radical (unpaired) electrons. The van der Waals surface area contributed by atoms with Crippen LogP contribution in [0.5, 0.6) is 0 Å². The summed E-state index contributed by atoms with van der Waals surface area (Å²) >= 11 is 0. The van der Waals surface area contributed by atoms with Crippen LogP contribution >= 0.6 is 7.82 Å². The molecule has 0 fully saturated rings. The monoisotopic (exact) mass is 686 g/mol. The summed E-state index contributed by atoms with van der Waals surface area (Å²) in [6.45, 7) is 9.43. The van der Waals surface area contributed by atoms with E-state index < -0.39 is 7.82 Å². The van der Waals surface area contributed by atoms with E-state index in [0.29, 0.717) is 0 Å². The van der Waals surface area contributed by atoms with Gasteiger partial charge in [0.2, 0.25) is 0 Å². The first kappa shape index (κ1) is 55.4. The Hall–Kier alpha value is -0.0500. The van der Waals surface area contributed by atoms with Crippen LogP contribution in [0.4, 0.5) is 0 Å². The van der Waals surface area contributed by atoms with Crippen LogP contribution < -0.4 is 17.2 Å². The van der Waals surface area contributed by atoms with Gasteiger partial charge in [-0.25, -0.2) is 4.57 Å². The van der Waals surface area contributed by atoms with Crippen LogP contribution in [0.3, 0.4) is 0 Å². The Morgan fingerprint density at radius 3 is 0.543 bits per heavy atom. The van der Waals surface area contributed by atoms with E-state index in [9.17, 15) is 0 Å². The van der Waals surface area contributed by atoms with E-state index in [0.717, 1.165) is 26.7 Å². The van der Waals surface area contributed by atoms with Gasteiger partial charge in [-0.2, -0.15) is 0 Å². The van der Waals surface area contributed by atoms with Gasteiger partial charge >= 0.3 is 7.82 Å². The van der Waals surface area contributed by atoms with Crippen molar-refractivity contribution in [3.05, 3.63) is 0 Å². The van der Waals surface area contributed by atoms with Gasteiger partial charge in [-0.15, -0.1) is 0 Å². The molecule has 9 heteroatoms. The van der Waals surface area contributed by atoms with Crippen molar-refractivity contribution in [2.75, 3.05) is 26.7 Å². The third-order valence-electron chi connectivity index (χ3n) is 7.67. The SMILES string of the molecule is CCCCCCCCCCCCN.CCCCCCCCCCCCN.CCCCCCCCCCCCN.CO.O=P(O)(O)O. The van der Waals surface area contributed by atoms with Gasteiger partial charge in [0.1, 0.15) is 0 Å². The highest BCUT2D eigenvalue weighted by atomic mass is 31.2. The second kappa shape index (κ2) is 57.2. The fourth-order valence-electron chi connectivity index (χ4n) is 4.90. The van der Waals surface area contributed by atoms with Gasteiger partial charge in [0.25, 0.3) is 0 Å². The van der Waals surface area contributed by atoms with Gasteiger partial charge in [-0.05, 0) is 38.9 Å². The molecule has 0 aliphatic rings. The van der Waals surface area contributed by atoms with Gasteiger partial charge in [-0.1, -0.05) is 194 Å². The molecular weight excluding hydrogens is 597 g/mol. The number of hydrogen-bond donors (Lipinski definition) is 7. The van der Waals surface area contributed by atoms with Gasteiger partial charge in [-0.3, -0.25) is 0 Å². The summed E-state index contributed by atoms with van der Waals surface area (Å²) in [4.78, 5) is 21.6. The summed E-state index contributed by atoms with van der Waals surface area (Å²) < 4.78 is 8.88.